The number of anilines is 1. The standard InChI is InChI=1S/C30H31ClN2O3/c1-4-22-12-13-23(14-17-27(22)31)30(35)32-24-15-10-21(11-16-24)18-26-20(3)33(19-29(34)36-5-2)28-9-7-6-8-25(26)28/h6-13,15-17H,4-5,14,18-19H2,1-3H3,(H,32,35). The van der Waals surface area contributed by atoms with Crippen LogP contribution in [0.1, 0.15) is 43.5 Å². The van der Waals surface area contributed by atoms with Crippen molar-refractivity contribution in [3.05, 3.63) is 99.8 Å². The number of carbonyl (C=O) groups excluding carboxylic acids is 2. The van der Waals surface area contributed by atoms with Crippen molar-refractivity contribution in [3.8, 4) is 0 Å². The SMILES string of the molecule is CCOC(=O)Cn1c(C)c(Cc2ccc(NC(=O)C3=CC=C(CC)C(Cl)=CC3)cc2)c2ccccc21. The molecule has 1 amide bonds. The zero-order chi connectivity index (χ0) is 25.7. The molecule has 0 radical (unpaired) electrons. The molecule has 0 saturated heterocycles. The van der Waals surface area contributed by atoms with Crippen LogP contribution >= 0.6 is 11.6 Å². The predicted octanol–water partition coefficient (Wildman–Crippen LogP) is 6.83. The number of carbonyl (C=O) groups is 2. The number of fused-ring (bicyclic) bond motifs is 1. The van der Waals surface area contributed by atoms with Gasteiger partial charge in [0, 0.05) is 32.9 Å². The fraction of sp³-hybridized carbons (Fsp3) is 0.267. The van der Waals surface area contributed by atoms with E-state index in [0.717, 1.165) is 46.3 Å². The van der Waals surface area contributed by atoms with Crippen molar-refractivity contribution >= 4 is 40.1 Å². The highest BCUT2D eigenvalue weighted by molar-refractivity contribution is 6.32. The van der Waals surface area contributed by atoms with E-state index in [1.165, 1.54) is 5.56 Å². The number of ether oxygens (including phenoxy) is 1. The molecule has 2 aromatic carbocycles. The second-order valence-electron chi connectivity index (χ2n) is 8.79. The molecule has 1 heterocycles. The number of esters is 1. The summed E-state index contributed by atoms with van der Waals surface area (Å²) in [5.74, 6) is -0.370. The van der Waals surface area contributed by atoms with E-state index in [9.17, 15) is 9.59 Å². The van der Waals surface area contributed by atoms with Gasteiger partial charge in [0.1, 0.15) is 6.54 Å². The monoisotopic (exact) mass is 502 g/mol. The Morgan fingerprint density at radius 1 is 1.06 bits per heavy atom. The van der Waals surface area contributed by atoms with Crippen molar-refractivity contribution in [1.29, 1.82) is 0 Å². The molecule has 4 rings (SSSR count). The summed E-state index contributed by atoms with van der Waals surface area (Å²) in [5, 5.41) is 4.83. The number of hydrogen-bond acceptors (Lipinski definition) is 3. The van der Waals surface area contributed by atoms with E-state index in [2.05, 4.69) is 11.4 Å². The van der Waals surface area contributed by atoms with E-state index < -0.39 is 0 Å². The van der Waals surface area contributed by atoms with Crippen molar-refractivity contribution in [3.63, 3.8) is 0 Å². The maximum absolute atomic E-state index is 12.8. The molecule has 0 saturated carbocycles. The van der Waals surface area contributed by atoms with Gasteiger partial charge in [-0.2, -0.15) is 0 Å². The summed E-state index contributed by atoms with van der Waals surface area (Å²) in [6.45, 7) is 6.46. The molecule has 1 aromatic heterocycles. The van der Waals surface area contributed by atoms with Gasteiger partial charge in [-0.25, -0.2) is 0 Å². The van der Waals surface area contributed by atoms with Gasteiger partial charge in [0.15, 0.2) is 0 Å². The van der Waals surface area contributed by atoms with Crippen LogP contribution in [-0.4, -0.2) is 23.1 Å². The lowest BCUT2D eigenvalue weighted by Gasteiger charge is -2.09. The minimum absolute atomic E-state index is 0.130. The molecule has 1 aliphatic rings. The van der Waals surface area contributed by atoms with Crippen LogP contribution in [0.2, 0.25) is 0 Å². The average Bonchev–Trinajstić information content (AvgIpc) is 3.00. The third-order valence-corrected chi connectivity index (χ3v) is 6.91. The summed E-state index contributed by atoms with van der Waals surface area (Å²) in [7, 11) is 0. The normalized spacial score (nSPS) is 13.5. The quantitative estimate of drug-likeness (QED) is 0.343. The Balaban J connectivity index is 1.50. The number of nitrogens with zero attached hydrogens (tertiary/aromatic N) is 1. The molecule has 3 aromatic rings. The number of allylic oxidation sites excluding steroid dienone is 5. The van der Waals surface area contributed by atoms with E-state index in [1.54, 1.807) is 0 Å². The molecule has 6 heteroatoms. The first kappa shape index (κ1) is 25.5. The fourth-order valence-corrected chi connectivity index (χ4v) is 4.80. The molecule has 5 nitrogen and oxygen atoms in total. The lowest BCUT2D eigenvalue weighted by atomic mass is 10.0. The molecule has 36 heavy (non-hydrogen) atoms. The number of amides is 1. The van der Waals surface area contributed by atoms with Crippen LogP contribution < -0.4 is 5.32 Å². The summed E-state index contributed by atoms with van der Waals surface area (Å²) in [6, 6.07) is 16.0. The topological polar surface area (TPSA) is 60.3 Å². The maximum atomic E-state index is 12.8. The number of halogens is 1. The average molecular weight is 503 g/mol. The predicted molar refractivity (Wildman–Crippen MR) is 146 cm³/mol. The largest absolute Gasteiger partial charge is 0.465 e. The Bertz CT molecular complexity index is 1380. The van der Waals surface area contributed by atoms with E-state index in [0.29, 0.717) is 23.6 Å². The highest BCUT2D eigenvalue weighted by atomic mass is 35.5. The zero-order valence-electron chi connectivity index (χ0n) is 20.9. The Kier molecular flexibility index (Phi) is 8.11. The highest BCUT2D eigenvalue weighted by Gasteiger charge is 2.17. The Morgan fingerprint density at radius 3 is 2.53 bits per heavy atom. The van der Waals surface area contributed by atoms with Gasteiger partial charge >= 0.3 is 5.97 Å². The number of benzene rings is 2. The van der Waals surface area contributed by atoms with Crippen molar-refractivity contribution in [2.75, 3.05) is 11.9 Å². The third-order valence-electron chi connectivity index (χ3n) is 6.51. The molecular formula is C30H31ClN2O3. The summed E-state index contributed by atoms with van der Waals surface area (Å²) in [4.78, 5) is 25.0. The summed E-state index contributed by atoms with van der Waals surface area (Å²) < 4.78 is 7.20. The number of hydrogen-bond donors (Lipinski definition) is 1. The van der Waals surface area contributed by atoms with Gasteiger partial charge < -0.3 is 14.6 Å². The van der Waals surface area contributed by atoms with E-state index in [-0.39, 0.29) is 18.4 Å². The zero-order valence-corrected chi connectivity index (χ0v) is 21.7. The second kappa shape index (κ2) is 11.4. The van der Waals surface area contributed by atoms with Gasteiger partial charge in [-0.3, -0.25) is 9.59 Å². The van der Waals surface area contributed by atoms with Crippen molar-refractivity contribution < 1.29 is 14.3 Å². The van der Waals surface area contributed by atoms with Gasteiger partial charge in [0.25, 0.3) is 5.91 Å². The second-order valence-corrected chi connectivity index (χ2v) is 9.20. The molecule has 0 atom stereocenters. The molecule has 0 unspecified atom stereocenters. The van der Waals surface area contributed by atoms with Crippen LogP contribution in [0, 0.1) is 6.92 Å². The highest BCUT2D eigenvalue weighted by Crippen LogP contribution is 2.29. The van der Waals surface area contributed by atoms with Crippen LogP contribution in [0.15, 0.2) is 82.9 Å². The molecule has 1 aliphatic carbocycles. The summed E-state index contributed by atoms with van der Waals surface area (Å²) in [5.41, 5.74) is 6.81. The molecule has 1 N–H and O–H groups in total. The van der Waals surface area contributed by atoms with Crippen LogP contribution in [0.25, 0.3) is 10.9 Å². The van der Waals surface area contributed by atoms with E-state index >= 15 is 0 Å². The lowest BCUT2D eigenvalue weighted by molar-refractivity contribution is -0.143. The molecule has 186 valence electrons. The third kappa shape index (κ3) is 5.63. The van der Waals surface area contributed by atoms with Gasteiger partial charge in [0.2, 0.25) is 0 Å². The molecule has 0 fully saturated rings. The number of rotatable bonds is 8. The maximum Gasteiger partial charge on any atom is 0.325 e. The molecule has 0 aliphatic heterocycles. The first-order chi connectivity index (χ1) is 17.4. The fourth-order valence-electron chi connectivity index (χ4n) is 4.52. The summed E-state index contributed by atoms with van der Waals surface area (Å²) in [6.07, 6.45) is 7.70. The number of para-hydroxylation sites is 1. The van der Waals surface area contributed by atoms with Gasteiger partial charge in [-0.05, 0) is 68.0 Å². The first-order valence-electron chi connectivity index (χ1n) is 12.3. The number of nitrogens with one attached hydrogen (secondary N) is 1. The minimum atomic E-state index is -0.240. The number of aromatic nitrogens is 1. The minimum Gasteiger partial charge on any atom is -0.465 e. The first-order valence-corrected chi connectivity index (χ1v) is 12.7. The Labute approximate surface area is 217 Å². The Hall–Kier alpha value is -3.57. The molecular weight excluding hydrogens is 472 g/mol. The molecule has 0 bridgehead atoms. The van der Waals surface area contributed by atoms with Crippen LogP contribution in [0.5, 0.6) is 0 Å². The van der Waals surface area contributed by atoms with E-state index in [1.807, 2.05) is 86.0 Å². The van der Waals surface area contributed by atoms with E-state index in [4.69, 9.17) is 16.3 Å². The van der Waals surface area contributed by atoms with Crippen LogP contribution in [0.4, 0.5) is 5.69 Å². The van der Waals surface area contributed by atoms with Crippen molar-refractivity contribution in [2.24, 2.45) is 0 Å². The van der Waals surface area contributed by atoms with Gasteiger partial charge in [-0.1, -0.05) is 67.1 Å². The summed E-state index contributed by atoms with van der Waals surface area (Å²) >= 11 is 6.29. The van der Waals surface area contributed by atoms with Gasteiger partial charge in [0.05, 0.1) is 6.61 Å². The molecule has 0 spiro atoms. The Morgan fingerprint density at radius 2 is 1.81 bits per heavy atom. The van der Waals surface area contributed by atoms with Gasteiger partial charge in [-0.15, -0.1) is 0 Å². The van der Waals surface area contributed by atoms with Crippen LogP contribution in [-0.2, 0) is 27.3 Å². The van der Waals surface area contributed by atoms with Crippen molar-refractivity contribution in [1.82, 2.24) is 4.57 Å². The lowest BCUT2D eigenvalue weighted by Crippen LogP contribution is -2.14. The van der Waals surface area contributed by atoms with Crippen LogP contribution in [0.3, 0.4) is 0 Å². The van der Waals surface area contributed by atoms with Crippen molar-refractivity contribution in [2.45, 2.75) is 46.6 Å². The smallest absolute Gasteiger partial charge is 0.325 e.